The maximum absolute atomic E-state index is 10.4. The second-order valence-corrected chi connectivity index (χ2v) is 6.67. The third-order valence-electron chi connectivity index (χ3n) is 4.85. The van der Waals surface area contributed by atoms with Gasteiger partial charge in [0, 0.05) is 6.54 Å². The van der Waals surface area contributed by atoms with E-state index in [1.165, 1.54) is 16.7 Å². The standard InChI is InChI=1S/C24H27NO/c1-2-12-23(26)19-25-24(20-13-6-3-7-14-20,21-15-8-4-9-16-21)22-17-10-5-11-18-22/h3-11,13-18,23,25-26H,2,12,19H2,1H3. The van der Waals surface area contributed by atoms with Crippen LogP contribution in [0.5, 0.6) is 0 Å². The molecule has 0 heterocycles. The maximum atomic E-state index is 10.4. The lowest BCUT2D eigenvalue weighted by atomic mass is 9.77. The van der Waals surface area contributed by atoms with Gasteiger partial charge in [0.25, 0.3) is 0 Å². The first-order valence-corrected chi connectivity index (χ1v) is 9.37. The van der Waals surface area contributed by atoms with Gasteiger partial charge < -0.3 is 5.11 Å². The first-order chi connectivity index (χ1) is 12.8. The molecule has 0 amide bonds. The molecular weight excluding hydrogens is 318 g/mol. The molecule has 3 aromatic rings. The smallest absolute Gasteiger partial charge is 0.0948 e. The first-order valence-electron chi connectivity index (χ1n) is 9.37. The van der Waals surface area contributed by atoms with Crippen LogP contribution < -0.4 is 5.32 Å². The van der Waals surface area contributed by atoms with Gasteiger partial charge in [-0.1, -0.05) is 104 Å². The zero-order valence-corrected chi connectivity index (χ0v) is 15.3. The van der Waals surface area contributed by atoms with Crippen molar-refractivity contribution in [1.29, 1.82) is 0 Å². The zero-order valence-electron chi connectivity index (χ0n) is 15.3. The molecule has 2 N–H and O–H groups in total. The van der Waals surface area contributed by atoms with Crippen LogP contribution in [0.15, 0.2) is 91.0 Å². The summed E-state index contributed by atoms with van der Waals surface area (Å²) in [4.78, 5) is 0. The number of benzene rings is 3. The highest BCUT2D eigenvalue weighted by atomic mass is 16.3. The van der Waals surface area contributed by atoms with E-state index >= 15 is 0 Å². The summed E-state index contributed by atoms with van der Waals surface area (Å²) in [5.74, 6) is 0. The first kappa shape index (κ1) is 18.4. The molecule has 0 bridgehead atoms. The lowest BCUT2D eigenvalue weighted by molar-refractivity contribution is 0.153. The predicted octanol–water partition coefficient (Wildman–Crippen LogP) is 4.73. The summed E-state index contributed by atoms with van der Waals surface area (Å²) in [6.07, 6.45) is 1.40. The molecule has 1 unspecified atom stereocenters. The maximum Gasteiger partial charge on any atom is 0.0948 e. The largest absolute Gasteiger partial charge is 0.392 e. The zero-order chi connectivity index (χ0) is 18.2. The fraction of sp³-hybridized carbons (Fsp3) is 0.250. The predicted molar refractivity (Wildman–Crippen MR) is 108 cm³/mol. The monoisotopic (exact) mass is 345 g/mol. The quantitative estimate of drug-likeness (QED) is 0.579. The Morgan fingerprint density at radius 2 is 1.12 bits per heavy atom. The number of aliphatic hydroxyl groups is 1. The number of nitrogens with one attached hydrogen (secondary N) is 1. The minimum Gasteiger partial charge on any atom is -0.392 e. The van der Waals surface area contributed by atoms with Crippen LogP contribution in [0.25, 0.3) is 0 Å². The molecule has 0 saturated heterocycles. The third kappa shape index (κ3) is 3.87. The van der Waals surface area contributed by atoms with E-state index in [0.717, 1.165) is 12.8 Å². The Balaban J connectivity index is 2.15. The van der Waals surface area contributed by atoms with Crippen LogP contribution in [-0.2, 0) is 5.54 Å². The molecule has 2 nitrogen and oxygen atoms in total. The molecular formula is C24H27NO. The Labute approximate surface area is 156 Å². The molecule has 0 saturated carbocycles. The molecule has 0 fully saturated rings. The fourth-order valence-electron chi connectivity index (χ4n) is 3.58. The lowest BCUT2D eigenvalue weighted by Gasteiger charge is -2.38. The Bertz CT molecular complexity index is 674. The van der Waals surface area contributed by atoms with Crippen LogP contribution in [0.4, 0.5) is 0 Å². The molecule has 0 aliphatic carbocycles. The van der Waals surface area contributed by atoms with Crippen LogP contribution in [-0.4, -0.2) is 17.8 Å². The summed E-state index contributed by atoms with van der Waals surface area (Å²) < 4.78 is 0. The van der Waals surface area contributed by atoms with E-state index in [0.29, 0.717) is 6.54 Å². The summed E-state index contributed by atoms with van der Waals surface area (Å²) in [7, 11) is 0. The Morgan fingerprint density at radius 1 is 0.731 bits per heavy atom. The Hall–Kier alpha value is -2.42. The van der Waals surface area contributed by atoms with E-state index in [1.807, 2.05) is 18.2 Å². The summed E-state index contributed by atoms with van der Waals surface area (Å²) in [5.41, 5.74) is 3.00. The van der Waals surface area contributed by atoms with Gasteiger partial charge in [-0.15, -0.1) is 0 Å². The number of hydrogen-bond donors (Lipinski definition) is 2. The van der Waals surface area contributed by atoms with Crippen molar-refractivity contribution in [3.63, 3.8) is 0 Å². The molecule has 0 aliphatic heterocycles. The molecule has 0 aliphatic rings. The minimum absolute atomic E-state index is 0.365. The van der Waals surface area contributed by atoms with Crippen LogP contribution in [0, 0.1) is 0 Å². The van der Waals surface area contributed by atoms with Crippen molar-refractivity contribution in [1.82, 2.24) is 5.32 Å². The van der Waals surface area contributed by atoms with Crippen LogP contribution in [0.1, 0.15) is 36.5 Å². The Kier molecular flexibility index (Phi) is 6.21. The van der Waals surface area contributed by atoms with Gasteiger partial charge in [-0.2, -0.15) is 0 Å². The van der Waals surface area contributed by atoms with Gasteiger partial charge in [0.15, 0.2) is 0 Å². The van der Waals surface area contributed by atoms with E-state index in [2.05, 4.69) is 85.0 Å². The fourth-order valence-corrected chi connectivity index (χ4v) is 3.58. The van der Waals surface area contributed by atoms with Gasteiger partial charge in [0.05, 0.1) is 11.6 Å². The minimum atomic E-state index is -0.501. The third-order valence-corrected chi connectivity index (χ3v) is 4.85. The molecule has 2 heteroatoms. The summed E-state index contributed by atoms with van der Waals surface area (Å²) >= 11 is 0. The highest BCUT2D eigenvalue weighted by Crippen LogP contribution is 2.36. The molecule has 3 aromatic carbocycles. The highest BCUT2D eigenvalue weighted by Gasteiger charge is 2.36. The van der Waals surface area contributed by atoms with Gasteiger partial charge in [0.1, 0.15) is 0 Å². The average Bonchev–Trinajstić information content (AvgIpc) is 2.71. The van der Waals surface area contributed by atoms with Crippen LogP contribution in [0.3, 0.4) is 0 Å². The lowest BCUT2D eigenvalue weighted by Crippen LogP contribution is -2.47. The average molecular weight is 345 g/mol. The van der Waals surface area contributed by atoms with E-state index in [9.17, 15) is 5.11 Å². The van der Waals surface area contributed by atoms with Crippen molar-refractivity contribution in [2.24, 2.45) is 0 Å². The van der Waals surface area contributed by atoms with Crippen molar-refractivity contribution in [2.75, 3.05) is 6.54 Å². The number of aliphatic hydroxyl groups excluding tert-OH is 1. The number of rotatable bonds is 8. The van der Waals surface area contributed by atoms with Crippen LogP contribution >= 0.6 is 0 Å². The van der Waals surface area contributed by atoms with Gasteiger partial charge >= 0.3 is 0 Å². The molecule has 26 heavy (non-hydrogen) atoms. The molecule has 0 radical (unpaired) electrons. The van der Waals surface area contributed by atoms with Gasteiger partial charge in [0.2, 0.25) is 0 Å². The van der Waals surface area contributed by atoms with Crippen molar-refractivity contribution in [2.45, 2.75) is 31.4 Å². The second kappa shape index (κ2) is 8.79. The molecule has 134 valence electrons. The summed E-state index contributed by atoms with van der Waals surface area (Å²) in [6.45, 7) is 2.63. The molecule has 0 spiro atoms. The van der Waals surface area contributed by atoms with E-state index in [4.69, 9.17) is 0 Å². The van der Waals surface area contributed by atoms with Gasteiger partial charge in [-0.25, -0.2) is 0 Å². The van der Waals surface area contributed by atoms with Crippen LogP contribution in [0.2, 0.25) is 0 Å². The normalized spacial score (nSPS) is 12.7. The van der Waals surface area contributed by atoms with Gasteiger partial charge in [-0.05, 0) is 23.1 Å². The molecule has 3 rings (SSSR count). The topological polar surface area (TPSA) is 32.3 Å². The van der Waals surface area contributed by atoms with E-state index < -0.39 is 5.54 Å². The molecule has 0 aromatic heterocycles. The second-order valence-electron chi connectivity index (χ2n) is 6.67. The number of hydrogen-bond acceptors (Lipinski definition) is 2. The SMILES string of the molecule is CCCC(O)CNC(c1ccccc1)(c1ccccc1)c1ccccc1. The van der Waals surface area contributed by atoms with Crippen molar-refractivity contribution in [3.8, 4) is 0 Å². The van der Waals surface area contributed by atoms with Gasteiger partial charge in [-0.3, -0.25) is 5.32 Å². The van der Waals surface area contributed by atoms with Crippen molar-refractivity contribution >= 4 is 0 Å². The Morgan fingerprint density at radius 3 is 1.46 bits per heavy atom. The van der Waals surface area contributed by atoms with Crippen molar-refractivity contribution < 1.29 is 5.11 Å². The van der Waals surface area contributed by atoms with E-state index in [-0.39, 0.29) is 6.10 Å². The molecule has 1 atom stereocenters. The van der Waals surface area contributed by atoms with E-state index in [1.54, 1.807) is 0 Å². The summed E-state index contributed by atoms with van der Waals surface area (Å²) in [6, 6.07) is 31.4. The summed E-state index contributed by atoms with van der Waals surface area (Å²) in [5, 5.41) is 14.1. The highest BCUT2D eigenvalue weighted by molar-refractivity contribution is 5.49. The van der Waals surface area contributed by atoms with Crippen molar-refractivity contribution in [3.05, 3.63) is 108 Å².